The van der Waals surface area contributed by atoms with Gasteiger partial charge in [0.2, 0.25) is 0 Å². The molecule has 0 atom stereocenters. The maximum atomic E-state index is 12.4. The predicted molar refractivity (Wildman–Crippen MR) is 94.3 cm³/mol. The zero-order valence-electron chi connectivity index (χ0n) is 13.7. The van der Waals surface area contributed by atoms with Gasteiger partial charge < -0.3 is 10.2 Å². The lowest BCUT2D eigenvalue weighted by molar-refractivity contribution is 0.102. The van der Waals surface area contributed by atoms with Crippen molar-refractivity contribution in [1.29, 1.82) is 0 Å². The normalized spacial score (nSPS) is 13.8. The highest BCUT2D eigenvalue weighted by Gasteiger charge is 2.20. The molecule has 7 nitrogen and oxygen atoms in total. The summed E-state index contributed by atoms with van der Waals surface area (Å²) in [6, 6.07) is 11.2. The van der Waals surface area contributed by atoms with E-state index in [9.17, 15) is 4.79 Å². The summed E-state index contributed by atoms with van der Waals surface area (Å²) in [7, 11) is 0. The smallest absolute Gasteiger partial charge is 0.276 e. The molecule has 126 valence electrons. The Morgan fingerprint density at radius 3 is 2.80 bits per heavy atom. The van der Waals surface area contributed by atoms with Crippen molar-refractivity contribution in [3.63, 3.8) is 0 Å². The maximum absolute atomic E-state index is 12.4. The third-order valence-electron chi connectivity index (χ3n) is 4.15. The van der Waals surface area contributed by atoms with Crippen LogP contribution in [0.1, 0.15) is 22.6 Å². The number of fused-ring (bicyclic) bond motifs is 1. The van der Waals surface area contributed by atoms with Crippen LogP contribution in [-0.4, -0.2) is 32.2 Å². The minimum absolute atomic E-state index is 0.196. The largest absolute Gasteiger partial charge is 0.349 e. The van der Waals surface area contributed by atoms with Crippen molar-refractivity contribution >= 4 is 17.4 Å². The number of aromatic nitrogens is 4. The van der Waals surface area contributed by atoms with Gasteiger partial charge in [-0.15, -0.1) is 0 Å². The van der Waals surface area contributed by atoms with Crippen LogP contribution in [0.3, 0.4) is 0 Å². The number of carbonyl (C=O) groups is 1. The van der Waals surface area contributed by atoms with Gasteiger partial charge >= 0.3 is 0 Å². The summed E-state index contributed by atoms with van der Waals surface area (Å²) in [5.74, 6) is 0.644. The number of hydrogen-bond donors (Lipinski definition) is 1. The van der Waals surface area contributed by atoms with Gasteiger partial charge in [-0.1, -0.05) is 18.2 Å². The second-order valence-corrected chi connectivity index (χ2v) is 5.90. The number of nitrogens with zero attached hydrogens (tertiary/aromatic N) is 5. The highest BCUT2D eigenvalue weighted by Crippen LogP contribution is 2.19. The van der Waals surface area contributed by atoms with E-state index in [2.05, 4.69) is 25.3 Å². The van der Waals surface area contributed by atoms with Crippen LogP contribution in [0, 0.1) is 0 Å². The Hall–Kier alpha value is -3.22. The second-order valence-electron chi connectivity index (χ2n) is 5.90. The topological polar surface area (TPSA) is 75.9 Å². The van der Waals surface area contributed by atoms with Gasteiger partial charge in [0.05, 0.1) is 18.4 Å². The molecule has 0 fully saturated rings. The van der Waals surface area contributed by atoms with E-state index in [0.29, 0.717) is 12.2 Å². The zero-order chi connectivity index (χ0) is 17.1. The highest BCUT2D eigenvalue weighted by atomic mass is 16.1. The Bertz CT molecular complexity index is 862. The summed E-state index contributed by atoms with van der Waals surface area (Å²) < 4.78 is 1.91. The van der Waals surface area contributed by atoms with E-state index in [1.54, 1.807) is 18.6 Å². The van der Waals surface area contributed by atoms with Crippen molar-refractivity contribution < 1.29 is 4.79 Å². The molecule has 3 heterocycles. The summed E-state index contributed by atoms with van der Waals surface area (Å²) in [6.45, 7) is 2.32. The van der Waals surface area contributed by atoms with Crippen LogP contribution in [-0.2, 0) is 13.1 Å². The van der Waals surface area contributed by atoms with Crippen molar-refractivity contribution in [3.05, 3.63) is 66.4 Å². The van der Waals surface area contributed by atoms with Crippen LogP contribution in [0.25, 0.3) is 0 Å². The quantitative estimate of drug-likeness (QED) is 0.795. The second kappa shape index (κ2) is 6.72. The highest BCUT2D eigenvalue weighted by molar-refractivity contribution is 6.02. The number of carbonyl (C=O) groups excluding carboxylic acids is 1. The van der Waals surface area contributed by atoms with E-state index in [1.165, 1.54) is 0 Å². The van der Waals surface area contributed by atoms with Crippen LogP contribution in [0.4, 0.5) is 11.5 Å². The number of anilines is 2. The molecule has 0 saturated heterocycles. The molecule has 0 saturated carbocycles. The van der Waals surface area contributed by atoms with Crippen molar-refractivity contribution in [1.82, 2.24) is 19.7 Å². The molecular weight excluding hydrogens is 316 g/mol. The third kappa shape index (κ3) is 3.35. The van der Waals surface area contributed by atoms with Crippen LogP contribution in [0.2, 0.25) is 0 Å². The average molecular weight is 334 g/mol. The third-order valence-corrected chi connectivity index (χ3v) is 4.15. The number of aryl methyl sites for hydroxylation is 1. The number of amides is 1. The van der Waals surface area contributed by atoms with Crippen molar-refractivity contribution in [3.8, 4) is 0 Å². The predicted octanol–water partition coefficient (Wildman–Crippen LogP) is 2.34. The number of nitrogens with one attached hydrogen (secondary N) is 1. The van der Waals surface area contributed by atoms with Crippen LogP contribution in [0.5, 0.6) is 0 Å². The summed E-state index contributed by atoms with van der Waals surface area (Å²) >= 11 is 0. The average Bonchev–Trinajstić information content (AvgIpc) is 2.95. The van der Waals surface area contributed by atoms with Gasteiger partial charge in [0.1, 0.15) is 5.82 Å². The fourth-order valence-corrected chi connectivity index (χ4v) is 2.94. The van der Waals surface area contributed by atoms with E-state index >= 15 is 0 Å². The lowest BCUT2D eigenvalue weighted by atomic mass is 10.3. The summed E-state index contributed by atoms with van der Waals surface area (Å²) in [6.07, 6.45) is 6.05. The van der Waals surface area contributed by atoms with E-state index in [0.717, 1.165) is 36.7 Å². The fourth-order valence-electron chi connectivity index (χ4n) is 2.94. The lowest BCUT2D eigenvalue weighted by Gasteiger charge is -2.20. The molecular formula is C18H18N6O. The van der Waals surface area contributed by atoms with Crippen molar-refractivity contribution in [2.75, 3.05) is 16.8 Å². The van der Waals surface area contributed by atoms with Gasteiger partial charge in [0.15, 0.2) is 5.69 Å². The molecule has 2 aromatic heterocycles. The van der Waals surface area contributed by atoms with Gasteiger partial charge in [-0.25, -0.2) is 4.98 Å². The molecule has 0 aliphatic carbocycles. The fraction of sp³-hybridized carbons (Fsp3) is 0.222. The molecule has 0 radical (unpaired) electrons. The molecule has 0 spiro atoms. The first kappa shape index (κ1) is 15.3. The molecule has 25 heavy (non-hydrogen) atoms. The summed E-state index contributed by atoms with van der Waals surface area (Å²) in [4.78, 5) is 23.1. The van der Waals surface area contributed by atoms with Gasteiger partial charge in [0, 0.05) is 31.2 Å². The first-order chi connectivity index (χ1) is 12.3. The SMILES string of the molecule is O=C(Nc1ccccc1)c1cc2n(n1)CCCN(c1cnccn1)C2. The summed E-state index contributed by atoms with van der Waals surface area (Å²) in [5.41, 5.74) is 2.19. The van der Waals surface area contributed by atoms with Gasteiger partial charge in [-0.3, -0.25) is 14.5 Å². The number of hydrogen-bond acceptors (Lipinski definition) is 5. The minimum Gasteiger partial charge on any atom is -0.349 e. The summed E-state index contributed by atoms with van der Waals surface area (Å²) in [5, 5.41) is 7.35. The van der Waals surface area contributed by atoms with Crippen LogP contribution in [0.15, 0.2) is 55.0 Å². The van der Waals surface area contributed by atoms with E-state index in [1.807, 2.05) is 41.1 Å². The molecule has 0 unspecified atom stereocenters. The lowest BCUT2D eigenvalue weighted by Crippen LogP contribution is -2.23. The van der Waals surface area contributed by atoms with Gasteiger partial charge in [-0.2, -0.15) is 5.10 Å². The Morgan fingerprint density at radius 1 is 1.12 bits per heavy atom. The monoisotopic (exact) mass is 334 g/mol. The molecule has 0 bridgehead atoms. The zero-order valence-corrected chi connectivity index (χ0v) is 13.7. The molecule has 1 aliphatic heterocycles. The molecule has 3 aromatic rings. The Morgan fingerprint density at radius 2 is 2.00 bits per heavy atom. The van der Waals surface area contributed by atoms with Crippen molar-refractivity contribution in [2.45, 2.75) is 19.5 Å². The Balaban J connectivity index is 1.54. The van der Waals surface area contributed by atoms with Crippen LogP contribution < -0.4 is 10.2 Å². The van der Waals surface area contributed by atoms with E-state index in [4.69, 9.17) is 0 Å². The van der Waals surface area contributed by atoms with Crippen LogP contribution >= 0.6 is 0 Å². The van der Waals surface area contributed by atoms with Gasteiger partial charge in [-0.05, 0) is 24.6 Å². The number of rotatable bonds is 3. The van der Waals surface area contributed by atoms with E-state index in [-0.39, 0.29) is 5.91 Å². The standard InChI is InChI=1S/C18H18N6O/c25-18(21-14-5-2-1-3-6-14)16-11-15-13-23(9-4-10-24(15)22-16)17-12-19-7-8-20-17/h1-3,5-8,11-12H,4,9-10,13H2,(H,21,25). The van der Waals surface area contributed by atoms with Gasteiger partial charge in [0.25, 0.3) is 5.91 Å². The first-order valence-electron chi connectivity index (χ1n) is 8.24. The molecule has 1 aromatic carbocycles. The molecule has 1 aliphatic rings. The molecule has 4 rings (SSSR count). The Labute approximate surface area is 145 Å². The maximum Gasteiger partial charge on any atom is 0.276 e. The number of benzene rings is 1. The minimum atomic E-state index is -0.196. The molecule has 1 amide bonds. The first-order valence-corrected chi connectivity index (χ1v) is 8.24. The number of para-hydroxylation sites is 1. The Kier molecular flexibility index (Phi) is 4.12. The molecule has 7 heteroatoms. The van der Waals surface area contributed by atoms with E-state index < -0.39 is 0 Å². The molecule has 1 N–H and O–H groups in total. The van der Waals surface area contributed by atoms with Crippen molar-refractivity contribution in [2.24, 2.45) is 0 Å².